The zero-order valence-electron chi connectivity index (χ0n) is 14.8. The van der Waals surface area contributed by atoms with Crippen molar-refractivity contribution in [2.24, 2.45) is 0 Å². The largest absolute Gasteiger partial charge is 0.336 e. The van der Waals surface area contributed by atoms with E-state index < -0.39 is 0 Å². The molecule has 126 valence electrons. The Bertz CT molecular complexity index is 603. The summed E-state index contributed by atoms with van der Waals surface area (Å²) < 4.78 is 0. The first-order valence-electron chi connectivity index (χ1n) is 8.22. The van der Waals surface area contributed by atoms with Gasteiger partial charge in [0.2, 0.25) is 0 Å². The zero-order valence-corrected chi connectivity index (χ0v) is 14.8. The van der Waals surface area contributed by atoms with E-state index in [0.29, 0.717) is 26.2 Å². The van der Waals surface area contributed by atoms with E-state index in [4.69, 9.17) is 0 Å². The summed E-state index contributed by atoms with van der Waals surface area (Å²) in [5, 5.41) is 2.89. The summed E-state index contributed by atoms with van der Waals surface area (Å²) in [6, 6.07) is 4.12. The second-order valence-corrected chi connectivity index (χ2v) is 6.63. The summed E-state index contributed by atoms with van der Waals surface area (Å²) in [6.07, 6.45) is 0. The Morgan fingerprint density at radius 3 is 2.00 bits per heavy atom. The summed E-state index contributed by atoms with van der Waals surface area (Å²) in [6.45, 7) is 12.3. The van der Waals surface area contributed by atoms with Gasteiger partial charge in [-0.15, -0.1) is 0 Å². The van der Waals surface area contributed by atoms with Crippen LogP contribution in [0.4, 0.5) is 4.79 Å². The van der Waals surface area contributed by atoms with E-state index in [0.717, 1.165) is 16.7 Å². The molecule has 1 saturated heterocycles. The molecule has 0 atom stereocenters. The molecule has 1 N–H and O–H groups in total. The van der Waals surface area contributed by atoms with Crippen LogP contribution in [-0.2, 0) is 0 Å². The number of carbonyl (C=O) groups excluding carboxylic acids is 2. The number of piperazine rings is 1. The number of nitrogens with zero attached hydrogens (tertiary/aromatic N) is 2. The normalized spacial score (nSPS) is 15.0. The third-order valence-corrected chi connectivity index (χ3v) is 4.34. The van der Waals surface area contributed by atoms with Gasteiger partial charge >= 0.3 is 6.03 Å². The van der Waals surface area contributed by atoms with Crippen LogP contribution in [0.5, 0.6) is 0 Å². The number of hydrogen-bond acceptors (Lipinski definition) is 2. The van der Waals surface area contributed by atoms with Crippen LogP contribution in [0.1, 0.15) is 40.9 Å². The summed E-state index contributed by atoms with van der Waals surface area (Å²) in [7, 11) is 0. The van der Waals surface area contributed by atoms with Gasteiger partial charge in [-0.1, -0.05) is 6.07 Å². The Balaban J connectivity index is 2.01. The maximum Gasteiger partial charge on any atom is 0.317 e. The number of amides is 3. The Kier molecular flexibility index (Phi) is 5.29. The molecule has 1 aromatic carbocycles. The van der Waals surface area contributed by atoms with Gasteiger partial charge in [0.05, 0.1) is 0 Å². The van der Waals surface area contributed by atoms with Gasteiger partial charge in [0.15, 0.2) is 0 Å². The Labute approximate surface area is 138 Å². The summed E-state index contributed by atoms with van der Waals surface area (Å²) in [4.78, 5) is 28.4. The maximum atomic E-state index is 12.7. The molecule has 0 bridgehead atoms. The van der Waals surface area contributed by atoms with Crippen molar-refractivity contribution < 1.29 is 9.59 Å². The van der Waals surface area contributed by atoms with Crippen LogP contribution in [0.25, 0.3) is 0 Å². The molecule has 0 radical (unpaired) electrons. The molecule has 5 heteroatoms. The lowest BCUT2D eigenvalue weighted by Gasteiger charge is -2.35. The van der Waals surface area contributed by atoms with Crippen LogP contribution in [0.15, 0.2) is 12.1 Å². The first kappa shape index (κ1) is 17.3. The summed E-state index contributed by atoms with van der Waals surface area (Å²) >= 11 is 0. The number of carbonyl (C=O) groups is 2. The van der Waals surface area contributed by atoms with E-state index in [-0.39, 0.29) is 18.0 Å². The highest BCUT2D eigenvalue weighted by Crippen LogP contribution is 2.18. The fourth-order valence-corrected chi connectivity index (χ4v) is 2.81. The van der Waals surface area contributed by atoms with Gasteiger partial charge < -0.3 is 15.1 Å². The molecular formula is C18H27N3O2. The van der Waals surface area contributed by atoms with Crippen LogP contribution in [0.2, 0.25) is 0 Å². The molecule has 0 saturated carbocycles. The minimum atomic E-state index is -0.0468. The van der Waals surface area contributed by atoms with Crippen molar-refractivity contribution in [2.45, 2.75) is 40.7 Å². The van der Waals surface area contributed by atoms with Crippen LogP contribution in [0, 0.1) is 20.8 Å². The minimum Gasteiger partial charge on any atom is -0.336 e. The average molecular weight is 317 g/mol. The first-order chi connectivity index (χ1) is 10.8. The summed E-state index contributed by atoms with van der Waals surface area (Å²) in [5.74, 6) is 0.0644. The predicted octanol–water partition coefficient (Wildman–Crippen LogP) is 2.49. The quantitative estimate of drug-likeness (QED) is 0.911. The number of hydrogen-bond donors (Lipinski definition) is 1. The molecule has 1 aliphatic heterocycles. The molecule has 3 amide bonds. The molecule has 1 aromatic rings. The van der Waals surface area contributed by atoms with Crippen LogP contribution in [-0.4, -0.2) is 54.0 Å². The highest BCUT2D eigenvalue weighted by atomic mass is 16.2. The molecular weight excluding hydrogens is 290 g/mol. The highest BCUT2D eigenvalue weighted by Gasteiger charge is 2.25. The van der Waals surface area contributed by atoms with E-state index >= 15 is 0 Å². The molecule has 5 nitrogen and oxygen atoms in total. The van der Waals surface area contributed by atoms with Crippen molar-refractivity contribution in [1.82, 2.24) is 15.1 Å². The van der Waals surface area contributed by atoms with Gasteiger partial charge in [-0.05, 0) is 57.4 Å². The number of rotatable bonds is 2. The van der Waals surface area contributed by atoms with Crippen LogP contribution < -0.4 is 5.32 Å². The predicted molar refractivity (Wildman–Crippen MR) is 91.8 cm³/mol. The second-order valence-electron chi connectivity index (χ2n) is 6.63. The summed E-state index contributed by atoms with van der Waals surface area (Å²) in [5.41, 5.74) is 4.12. The highest BCUT2D eigenvalue weighted by molar-refractivity contribution is 5.96. The van der Waals surface area contributed by atoms with Crippen molar-refractivity contribution in [3.05, 3.63) is 34.4 Å². The van der Waals surface area contributed by atoms with Gasteiger partial charge in [-0.2, -0.15) is 0 Å². The van der Waals surface area contributed by atoms with Crippen LogP contribution in [0.3, 0.4) is 0 Å². The molecule has 0 aliphatic carbocycles. The molecule has 1 fully saturated rings. The maximum absolute atomic E-state index is 12.7. The van der Waals surface area contributed by atoms with Gasteiger partial charge in [0, 0.05) is 37.8 Å². The molecule has 1 heterocycles. The van der Waals surface area contributed by atoms with Crippen molar-refractivity contribution in [3.8, 4) is 0 Å². The first-order valence-corrected chi connectivity index (χ1v) is 8.22. The Hall–Kier alpha value is -2.04. The van der Waals surface area contributed by atoms with Gasteiger partial charge in [0.1, 0.15) is 0 Å². The lowest BCUT2D eigenvalue weighted by atomic mass is 10.00. The van der Waals surface area contributed by atoms with Crippen molar-refractivity contribution in [1.29, 1.82) is 0 Å². The molecule has 23 heavy (non-hydrogen) atoms. The van der Waals surface area contributed by atoms with Gasteiger partial charge in [0.25, 0.3) is 5.91 Å². The fraction of sp³-hybridized carbons (Fsp3) is 0.556. The fourth-order valence-electron chi connectivity index (χ4n) is 2.81. The third-order valence-electron chi connectivity index (χ3n) is 4.34. The standard InChI is InChI=1S/C18H27N3O2/c1-12(2)19-18(23)21-8-6-20(7-9-21)17(22)16-11-14(4)13(3)10-15(16)5/h10-12H,6-9H2,1-5H3,(H,19,23). The van der Waals surface area contributed by atoms with E-state index in [1.165, 1.54) is 5.56 Å². The Morgan fingerprint density at radius 2 is 1.43 bits per heavy atom. The SMILES string of the molecule is Cc1cc(C)c(C(=O)N2CCN(C(=O)NC(C)C)CC2)cc1C. The minimum absolute atomic E-state index is 0.0468. The lowest BCUT2D eigenvalue weighted by Crippen LogP contribution is -2.54. The number of nitrogens with one attached hydrogen (secondary N) is 1. The van der Waals surface area contributed by atoms with E-state index in [9.17, 15) is 9.59 Å². The smallest absolute Gasteiger partial charge is 0.317 e. The molecule has 0 aromatic heterocycles. The number of benzene rings is 1. The third kappa shape index (κ3) is 4.03. The molecule has 0 spiro atoms. The average Bonchev–Trinajstić information content (AvgIpc) is 2.49. The number of urea groups is 1. The lowest BCUT2D eigenvalue weighted by molar-refractivity contribution is 0.0663. The number of aryl methyl sites for hydroxylation is 3. The Morgan fingerprint density at radius 1 is 0.913 bits per heavy atom. The van der Waals surface area contributed by atoms with Gasteiger partial charge in [-0.3, -0.25) is 4.79 Å². The van der Waals surface area contributed by atoms with E-state index in [2.05, 4.69) is 18.3 Å². The van der Waals surface area contributed by atoms with Crippen LogP contribution >= 0.6 is 0 Å². The van der Waals surface area contributed by atoms with E-state index in [1.54, 1.807) is 4.90 Å². The molecule has 1 aliphatic rings. The van der Waals surface area contributed by atoms with E-state index in [1.807, 2.05) is 38.7 Å². The molecule has 2 rings (SSSR count). The monoisotopic (exact) mass is 317 g/mol. The van der Waals surface area contributed by atoms with Gasteiger partial charge in [-0.25, -0.2) is 4.79 Å². The molecule has 0 unspecified atom stereocenters. The zero-order chi connectivity index (χ0) is 17.1. The topological polar surface area (TPSA) is 52.7 Å². The van der Waals surface area contributed by atoms with Crippen molar-refractivity contribution >= 4 is 11.9 Å². The second kappa shape index (κ2) is 7.02. The van der Waals surface area contributed by atoms with Crippen molar-refractivity contribution in [2.75, 3.05) is 26.2 Å². The van der Waals surface area contributed by atoms with Crippen molar-refractivity contribution in [3.63, 3.8) is 0 Å².